The van der Waals surface area contributed by atoms with E-state index in [2.05, 4.69) is 4.98 Å². The molecule has 1 aromatic carbocycles. The first-order chi connectivity index (χ1) is 14.2. The summed E-state index contributed by atoms with van der Waals surface area (Å²) >= 11 is 0. The fraction of sp³-hybridized carbons (Fsp3) is 0.400. The number of benzene rings is 1. The maximum Gasteiger partial charge on any atom is 0.264 e. The van der Waals surface area contributed by atoms with Gasteiger partial charge in [-0.05, 0) is 57.0 Å². The van der Waals surface area contributed by atoms with Crippen molar-refractivity contribution in [3.05, 3.63) is 53.9 Å². The molecule has 1 amide bonds. The maximum atomic E-state index is 13.1. The van der Waals surface area contributed by atoms with Crippen molar-refractivity contribution in [2.75, 3.05) is 6.54 Å². The van der Waals surface area contributed by atoms with Crippen molar-refractivity contribution in [3.8, 4) is 5.75 Å². The van der Waals surface area contributed by atoms with E-state index in [1.54, 1.807) is 6.20 Å². The largest absolute Gasteiger partial charge is 0.489 e. The first-order valence-electron chi connectivity index (χ1n) is 9.48. The number of ether oxygens (including phenoxy) is 1. The normalized spacial score (nSPS) is 22.5. The molecule has 2 aromatic rings. The van der Waals surface area contributed by atoms with Crippen LogP contribution in [-0.2, 0) is 21.4 Å². The number of nitrogens with one attached hydrogen (secondary N) is 1. The van der Waals surface area contributed by atoms with E-state index in [0.717, 1.165) is 15.6 Å². The summed E-state index contributed by atoms with van der Waals surface area (Å²) in [6.45, 7) is 3.60. The third-order valence-corrected chi connectivity index (χ3v) is 7.12. The predicted molar refractivity (Wildman–Crippen MR) is 107 cm³/mol. The molecular weight excluding hydrogens is 410 g/mol. The number of sulfonamides is 1. The van der Waals surface area contributed by atoms with Crippen LogP contribution in [0.3, 0.4) is 0 Å². The van der Waals surface area contributed by atoms with Crippen molar-refractivity contribution in [2.45, 2.75) is 49.8 Å². The smallest absolute Gasteiger partial charge is 0.264 e. The topological polar surface area (TPSA) is 129 Å². The lowest BCUT2D eigenvalue weighted by atomic mass is 9.87. The van der Waals surface area contributed by atoms with Gasteiger partial charge >= 0.3 is 0 Å². The number of carbonyl (C=O) groups excluding carboxylic acids is 1. The first-order valence-corrected chi connectivity index (χ1v) is 10.9. The summed E-state index contributed by atoms with van der Waals surface area (Å²) in [6, 6.07) is 8.11. The molecule has 1 fully saturated rings. The minimum atomic E-state index is -4.09. The molecule has 3 rings (SSSR count). The summed E-state index contributed by atoms with van der Waals surface area (Å²) < 4.78 is 32.9. The van der Waals surface area contributed by atoms with E-state index >= 15 is 0 Å². The van der Waals surface area contributed by atoms with Crippen LogP contribution in [0, 0.1) is 6.92 Å². The van der Waals surface area contributed by atoms with Crippen molar-refractivity contribution in [2.24, 2.45) is 0 Å². The van der Waals surface area contributed by atoms with E-state index < -0.39 is 27.6 Å². The minimum Gasteiger partial charge on any atom is -0.489 e. The van der Waals surface area contributed by atoms with Crippen LogP contribution >= 0.6 is 0 Å². The van der Waals surface area contributed by atoms with Gasteiger partial charge in [-0.2, -0.15) is 4.31 Å². The summed E-state index contributed by atoms with van der Waals surface area (Å²) in [7, 11) is -4.09. The molecule has 0 saturated carbocycles. The second-order valence-electron chi connectivity index (χ2n) is 7.46. The quantitative estimate of drug-likeness (QED) is 0.462. The minimum absolute atomic E-state index is 0.0409. The molecule has 30 heavy (non-hydrogen) atoms. The van der Waals surface area contributed by atoms with Gasteiger partial charge in [0.05, 0.1) is 10.5 Å². The van der Waals surface area contributed by atoms with E-state index in [4.69, 9.17) is 9.94 Å². The lowest BCUT2D eigenvalue weighted by Gasteiger charge is -2.42. The number of aryl methyl sites for hydroxylation is 1. The number of nitrogens with zero attached hydrogens (tertiary/aromatic N) is 2. The average Bonchev–Trinajstić information content (AvgIpc) is 2.72. The van der Waals surface area contributed by atoms with Crippen molar-refractivity contribution in [1.82, 2.24) is 14.8 Å². The molecule has 1 aromatic heterocycles. The third-order valence-electron chi connectivity index (χ3n) is 5.24. The lowest BCUT2D eigenvalue weighted by Crippen LogP contribution is -2.62. The van der Waals surface area contributed by atoms with Crippen LogP contribution in [0.5, 0.6) is 5.75 Å². The number of hydroxylamine groups is 1. The molecule has 3 N–H and O–H groups in total. The number of rotatable bonds is 6. The molecule has 2 atom stereocenters. The zero-order valence-corrected chi connectivity index (χ0v) is 17.6. The van der Waals surface area contributed by atoms with Crippen molar-refractivity contribution in [1.29, 1.82) is 0 Å². The van der Waals surface area contributed by atoms with Gasteiger partial charge in [0.25, 0.3) is 5.91 Å². The molecule has 0 aliphatic carbocycles. The molecule has 1 unspecified atom stereocenters. The molecule has 2 heterocycles. The number of hydrogen-bond acceptors (Lipinski definition) is 7. The molecule has 9 nitrogen and oxygen atoms in total. The average molecular weight is 436 g/mol. The number of aromatic nitrogens is 1. The van der Waals surface area contributed by atoms with Gasteiger partial charge in [0.1, 0.15) is 18.4 Å². The molecule has 1 saturated heterocycles. The Balaban J connectivity index is 1.80. The third kappa shape index (κ3) is 4.46. The van der Waals surface area contributed by atoms with E-state index in [0.29, 0.717) is 18.8 Å². The van der Waals surface area contributed by atoms with E-state index in [1.165, 1.54) is 36.7 Å². The Labute approximate surface area is 175 Å². The van der Waals surface area contributed by atoms with Gasteiger partial charge < -0.3 is 9.84 Å². The van der Waals surface area contributed by atoms with Crippen molar-refractivity contribution < 1.29 is 28.3 Å². The first kappa shape index (κ1) is 22.2. The monoisotopic (exact) mass is 435 g/mol. The predicted octanol–water partition coefficient (Wildman–Crippen LogP) is 1.38. The Kier molecular flexibility index (Phi) is 6.41. The zero-order chi connectivity index (χ0) is 21.9. The highest BCUT2D eigenvalue weighted by atomic mass is 32.2. The van der Waals surface area contributed by atoms with Gasteiger partial charge in [-0.3, -0.25) is 15.0 Å². The zero-order valence-electron chi connectivity index (χ0n) is 16.8. The van der Waals surface area contributed by atoms with Crippen LogP contribution < -0.4 is 10.2 Å². The van der Waals surface area contributed by atoms with Gasteiger partial charge in [-0.15, -0.1) is 0 Å². The highest BCUT2D eigenvalue weighted by Gasteiger charge is 2.49. The molecule has 0 spiro atoms. The Morgan fingerprint density at radius 2 is 2.03 bits per heavy atom. The Morgan fingerprint density at radius 1 is 1.33 bits per heavy atom. The van der Waals surface area contributed by atoms with Gasteiger partial charge in [0.2, 0.25) is 10.0 Å². The van der Waals surface area contributed by atoms with E-state index in [9.17, 15) is 18.3 Å². The second kappa shape index (κ2) is 8.68. The summed E-state index contributed by atoms with van der Waals surface area (Å²) in [5, 5.41) is 19.6. The lowest BCUT2D eigenvalue weighted by molar-refractivity contribution is -0.144. The maximum absolute atomic E-state index is 13.1. The molecule has 0 radical (unpaired) electrons. The molecular formula is C20H25N3O6S. The van der Waals surface area contributed by atoms with Gasteiger partial charge in [-0.1, -0.05) is 6.07 Å². The van der Waals surface area contributed by atoms with Crippen molar-refractivity contribution in [3.63, 3.8) is 0 Å². The number of aliphatic hydroxyl groups is 1. The summed E-state index contributed by atoms with van der Waals surface area (Å²) in [5.74, 6) is -0.498. The summed E-state index contributed by atoms with van der Waals surface area (Å²) in [6.07, 6.45) is 2.31. The number of pyridine rings is 1. The van der Waals surface area contributed by atoms with Gasteiger partial charge in [0.15, 0.2) is 0 Å². The number of hydrogen-bond donors (Lipinski definition) is 3. The fourth-order valence-corrected chi connectivity index (χ4v) is 5.30. The van der Waals surface area contributed by atoms with Crippen LogP contribution in [-0.4, -0.2) is 52.1 Å². The number of piperidine rings is 1. The molecule has 162 valence electrons. The summed E-state index contributed by atoms with van der Waals surface area (Å²) in [4.78, 5) is 16.3. The van der Waals surface area contributed by atoms with Crippen LogP contribution in [0.15, 0.2) is 47.5 Å². The highest BCUT2D eigenvalue weighted by Crippen LogP contribution is 2.32. The van der Waals surface area contributed by atoms with Gasteiger partial charge in [-0.25, -0.2) is 13.9 Å². The molecule has 0 bridgehead atoms. The Bertz CT molecular complexity index is 1010. The Morgan fingerprint density at radius 3 is 2.67 bits per heavy atom. The van der Waals surface area contributed by atoms with Crippen LogP contribution in [0.4, 0.5) is 0 Å². The van der Waals surface area contributed by atoms with Crippen molar-refractivity contribution >= 4 is 15.9 Å². The fourth-order valence-electron chi connectivity index (χ4n) is 3.58. The van der Waals surface area contributed by atoms with E-state index in [1.807, 2.05) is 19.1 Å². The standard InChI is InChI=1S/C20H25N3O6S/c1-14-15(5-3-11-21-14)13-29-16-6-8-17(9-7-16)30(27,28)23-12-4-10-20(2,25)18(23)19(24)22-26/h3,5-9,11,18,25-26H,4,10,12-13H2,1-2H3,(H,22,24)/t18?,20-/m1/s1. The van der Waals surface area contributed by atoms with Gasteiger partial charge in [0, 0.05) is 24.0 Å². The van der Waals surface area contributed by atoms with E-state index in [-0.39, 0.29) is 17.9 Å². The molecule has 1 aliphatic rings. The molecule has 1 aliphatic heterocycles. The Hall–Kier alpha value is -2.53. The molecule has 10 heteroatoms. The van der Waals surface area contributed by atoms with Crippen LogP contribution in [0.25, 0.3) is 0 Å². The second-order valence-corrected chi connectivity index (χ2v) is 9.35. The SMILES string of the molecule is Cc1ncccc1COc1ccc(S(=O)(=O)N2CCC[C@@](C)(O)C2C(=O)NO)cc1. The van der Waals surface area contributed by atoms with Crippen LogP contribution in [0.2, 0.25) is 0 Å². The number of carbonyl (C=O) groups is 1. The van der Waals surface area contributed by atoms with Crippen LogP contribution in [0.1, 0.15) is 31.0 Å². The number of amides is 1. The summed E-state index contributed by atoms with van der Waals surface area (Å²) in [5.41, 5.74) is 1.62. The highest BCUT2D eigenvalue weighted by molar-refractivity contribution is 7.89.